The molecule has 1 amide bonds. The SMILES string of the molecule is C[C@@H](NC(=O)CSCc1nc(-c2cccs2)no1)c1ccccc1. The Morgan fingerprint density at radius 2 is 2.12 bits per heavy atom. The molecule has 0 unspecified atom stereocenters. The van der Waals surface area contributed by atoms with E-state index >= 15 is 0 Å². The van der Waals surface area contributed by atoms with E-state index in [0.29, 0.717) is 23.2 Å². The molecule has 5 nitrogen and oxygen atoms in total. The molecule has 2 heterocycles. The van der Waals surface area contributed by atoms with Crippen molar-refractivity contribution in [2.75, 3.05) is 5.75 Å². The molecule has 1 N–H and O–H groups in total. The molecule has 124 valence electrons. The molecule has 1 aromatic carbocycles. The summed E-state index contributed by atoms with van der Waals surface area (Å²) in [6.45, 7) is 1.98. The number of rotatable bonds is 7. The van der Waals surface area contributed by atoms with Crippen LogP contribution in [-0.4, -0.2) is 21.8 Å². The van der Waals surface area contributed by atoms with Crippen molar-refractivity contribution >= 4 is 29.0 Å². The minimum absolute atomic E-state index is 0.00523. The first-order chi connectivity index (χ1) is 11.7. The van der Waals surface area contributed by atoms with Crippen molar-refractivity contribution < 1.29 is 9.32 Å². The van der Waals surface area contributed by atoms with Gasteiger partial charge in [-0.2, -0.15) is 4.98 Å². The lowest BCUT2D eigenvalue weighted by Gasteiger charge is -2.13. The summed E-state index contributed by atoms with van der Waals surface area (Å²) in [5, 5.41) is 8.91. The van der Waals surface area contributed by atoms with Gasteiger partial charge in [-0.15, -0.1) is 23.1 Å². The van der Waals surface area contributed by atoms with E-state index in [9.17, 15) is 4.79 Å². The first-order valence-corrected chi connectivity index (χ1v) is 9.54. The van der Waals surface area contributed by atoms with Crippen LogP contribution in [0.2, 0.25) is 0 Å². The van der Waals surface area contributed by atoms with Gasteiger partial charge in [-0.25, -0.2) is 0 Å². The van der Waals surface area contributed by atoms with Gasteiger partial charge in [-0.1, -0.05) is 41.6 Å². The van der Waals surface area contributed by atoms with Crippen LogP contribution in [0.3, 0.4) is 0 Å². The maximum atomic E-state index is 12.0. The van der Waals surface area contributed by atoms with Crippen molar-refractivity contribution in [1.82, 2.24) is 15.5 Å². The Labute approximate surface area is 148 Å². The predicted octanol–water partition coefficient (Wildman–Crippen LogP) is 3.91. The van der Waals surface area contributed by atoms with E-state index in [1.54, 1.807) is 11.3 Å². The summed E-state index contributed by atoms with van der Waals surface area (Å²) in [5.41, 5.74) is 1.09. The first kappa shape index (κ1) is 16.7. The van der Waals surface area contributed by atoms with Crippen LogP contribution < -0.4 is 5.32 Å². The molecule has 0 saturated carbocycles. The quantitative estimate of drug-likeness (QED) is 0.693. The van der Waals surface area contributed by atoms with E-state index < -0.39 is 0 Å². The van der Waals surface area contributed by atoms with Gasteiger partial charge in [0.25, 0.3) is 0 Å². The van der Waals surface area contributed by atoms with Gasteiger partial charge in [0.15, 0.2) is 0 Å². The van der Waals surface area contributed by atoms with Gasteiger partial charge in [0, 0.05) is 0 Å². The van der Waals surface area contributed by atoms with Crippen LogP contribution in [-0.2, 0) is 10.5 Å². The Bertz CT molecular complexity index is 772. The minimum Gasteiger partial charge on any atom is -0.349 e. The number of carbonyl (C=O) groups excluding carboxylic acids is 1. The van der Waals surface area contributed by atoms with Crippen LogP contribution in [0.25, 0.3) is 10.7 Å². The van der Waals surface area contributed by atoms with Gasteiger partial charge in [-0.3, -0.25) is 4.79 Å². The highest BCUT2D eigenvalue weighted by molar-refractivity contribution is 7.99. The van der Waals surface area contributed by atoms with Crippen LogP contribution >= 0.6 is 23.1 Å². The normalized spacial score (nSPS) is 12.0. The van der Waals surface area contributed by atoms with Crippen molar-refractivity contribution in [1.29, 1.82) is 0 Å². The van der Waals surface area contributed by atoms with Gasteiger partial charge < -0.3 is 9.84 Å². The highest BCUT2D eigenvalue weighted by atomic mass is 32.2. The van der Waals surface area contributed by atoms with Gasteiger partial charge in [-0.05, 0) is 23.9 Å². The standard InChI is InChI=1S/C17H17N3O2S2/c1-12(13-6-3-2-4-7-13)18-15(21)10-23-11-16-19-17(20-22-16)14-8-5-9-24-14/h2-9,12H,10-11H2,1H3,(H,18,21)/t12-/m1/s1. The molecular formula is C17H17N3O2S2. The molecule has 3 aromatic rings. The average Bonchev–Trinajstić information content (AvgIpc) is 3.27. The second kappa shape index (κ2) is 8.12. The maximum Gasteiger partial charge on any atom is 0.236 e. The Balaban J connectivity index is 1.44. The van der Waals surface area contributed by atoms with E-state index in [-0.39, 0.29) is 11.9 Å². The summed E-state index contributed by atoms with van der Waals surface area (Å²) in [5.74, 6) is 2.00. The molecule has 7 heteroatoms. The fourth-order valence-corrected chi connectivity index (χ4v) is 3.47. The second-order valence-corrected chi connectivity index (χ2v) is 7.12. The molecule has 0 saturated heterocycles. The van der Waals surface area contributed by atoms with Crippen LogP contribution in [0.4, 0.5) is 0 Å². The number of carbonyl (C=O) groups is 1. The van der Waals surface area contributed by atoms with Crippen LogP contribution in [0.5, 0.6) is 0 Å². The number of nitrogens with zero attached hydrogens (tertiary/aromatic N) is 2. The number of thiophene rings is 1. The maximum absolute atomic E-state index is 12.0. The molecule has 1 atom stereocenters. The molecule has 0 radical (unpaired) electrons. The number of hydrogen-bond acceptors (Lipinski definition) is 6. The Morgan fingerprint density at radius 1 is 1.29 bits per heavy atom. The van der Waals surface area contributed by atoms with Crippen molar-refractivity contribution in [3.8, 4) is 10.7 Å². The van der Waals surface area contributed by atoms with Gasteiger partial charge in [0.2, 0.25) is 17.6 Å². The summed E-state index contributed by atoms with van der Waals surface area (Å²) >= 11 is 3.02. The van der Waals surface area contributed by atoms with Crippen molar-refractivity contribution in [2.24, 2.45) is 0 Å². The zero-order valence-electron chi connectivity index (χ0n) is 13.1. The largest absolute Gasteiger partial charge is 0.349 e. The third-order valence-corrected chi connectivity index (χ3v) is 5.13. The van der Waals surface area contributed by atoms with E-state index in [1.165, 1.54) is 11.8 Å². The van der Waals surface area contributed by atoms with E-state index in [1.807, 2.05) is 54.8 Å². The molecule has 24 heavy (non-hydrogen) atoms. The molecule has 0 aliphatic heterocycles. The zero-order valence-corrected chi connectivity index (χ0v) is 14.8. The summed E-state index contributed by atoms with van der Waals surface area (Å²) in [7, 11) is 0. The molecule has 2 aromatic heterocycles. The van der Waals surface area contributed by atoms with Crippen LogP contribution in [0, 0.1) is 0 Å². The Kier molecular flexibility index (Phi) is 5.66. The van der Waals surface area contributed by atoms with Crippen molar-refractivity contribution in [3.63, 3.8) is 0 Å². The third-order valence-electron chi connectivity index (χ3n) is 3.35. The van der Waals surface area contributed by atoms with Crippen molar-refractivity contribution in [2.45, 2.75) is 18.7 Å². The van der Waals surface area contributed by atoms with Gasteiger partial charge in [0.05, 0.1) is 22.4 Å². The number of benzene rings is 1. The minimum atomic E-state index is -0.00636. The molecule has 0 fully saturated rings. The van der Waals surface area contributed by atoms with Crippen LogP contribution in [0.15, 0.2) is 52.4 Å². The third kappa shape index (κ3) is 4.46. The highest BCUT2D eigenvalue weighted by Crippen LogP contribution is 2.22. The summed E-state index contributed by atoms with van der Waals surface area (Å²) in [6.07, 6.45) is 0. The molecular weight excluding hydrogens is 342 g/mol. The van der Waals surface area contributed by atoms with E-state index in [2.05, 4.69) is 15.5 Å². The van der Waals surface area contributed by atoms with Crippen LogP contribution in [0.1, 0.15) is 24.4 Å². The Hall–Kier alpha value is -2.12. The van der Waals surface area contributed by atoms with Gasteiger partial charge in [0.1, 0.15) is 0 Å². The molecule has 0 spiro atoms. The number of thioether (sulfide) groups is 1. The number of hydrogen-bond donors (Lipinski definition) is 1. The summed E-state index contributed by atoms with van der Waals surface area (Å²) in [6, 6.07) is 13.8. The Morgan fingerprint density at radius 3 is 2.88 bits per heavy atom. The zero-order chi connectivity index (χ0) is 16.8. The molecule has 3 rings (SSSR count). The van der Waals surface area contributed by atoms with Crippen molar-refractivity contribution in [3.05, 3.63) is 59.3 Å². The first-order valence-electron chi connectivity index (χ1n) is 7.51. The lowest BCUT2D eigenvalue weighted by molar-refractivity contribution is -0.119. The number of nitrogens with one attached hydrogen (secondary N) is 1. The highest BCUT2D eigenvalue weighted by Gasteiger charge is 2.12. The van der Waals surface area contributed by atoms with E-state index in [0.717, 1.165) is 10.4 Å². The fraction of sp³-hybridized carbons (Fsp3) is 0.235. The number of amides is 1. The predicted molar refractivity (Wildman–Crippen MR) is 96.8 cm³/mol. The van der Waals surface area contributed by atoms with Gasteiger partial charge >= 0.3 is 0 Å². The number of aromatic nitrogens is 2. The average molecular weight is 359 g/mol. The fourth-order valence-electron chi connectivity index (χ4n) is 2.16. The lowest BCUT2D eigenvalue weighted by atomic mass is 10.1. The smallest absolute Gasteiger partial charge is 0.236 e. The molecule has 0 aliphatic rings. The summed E-state index contributed by atoms with van der Waals surface area (Å²) < 4.78 is 5.21. The topological polar surface area (TPSA) is 68.0 Å². The molecule has 0 aliphatic carbocycles. The molecule has 0 bridgehead atoms. The second-order valence-electron chi connectivity index (χ2n) is 5.18. The summed E-state index contributed by atoms with van der Waals surface area (Å²) in [4.78, 5) is 17.3. The van der Waals surface area contributed by atoms with E-state index in [4.69, 9.17) is 4.52 Å². The lowest BCUT2D eigenvalue weighted by Crippen LogP contribution is -2.28. The monoisotopic (exact) mass is 359 g/mol.